The molecule has 0 spiro atoms. The van der Waals surface area contributed by atoms with E-state index in [9.17, 15) is 4.79 Å². The van der Waals surface area contributed by atoms with Gasteiger partial charge in [-0.1, -0.05) is 19.1 Å². The average molecular weight is 343 g/mol. The molecular weight excluding hydrogens is 316 g/mol. The van der Waals surface area contributed by atoms with Crippen LogP contribution in [0.15, 0.2) is 24.4 Å². The number of nitrogens with one attached hydrogen (secondary N) is 1. The van der Waals surface area contributed by atoms with Gasteiger partial charge in [-0.2, -0.15) is 0 Å². The molecule has 4 rings (SSSR count). The predicted octanol–water partition coefficient (Wildman–Crippen LogP) is 4.00. The van der Waals surface area contributed by atoms with Gasteiger partial charge in [0.2, 0.25) is 0 Å². The number of rotatable bonds is 4. The minimum atomic E-state index is 0.0564. The number of carbonyl (C=O) groups is 1. The van der Waals surface area contributed by atoms with Crippen molar-refractivity contribution in [1.82, 2.24) is 9.88 Å². The molecule has 4 atom stereocenters. The third-order valence-corrected chi connectivity index (χ3v) is 6.64. The molecular formula is C20H26N2OS. The van der Waals surface area contributed by atoms with Gasteiger partial charge in [0.05, 0.1) is 0 Å². The summed E-state index contributed by atoms with van der Waals surface area (Å²) in [6.45, 7) is 3.19. The van der Waals surface area contributed by atoms with E-state index in [0.717, 1.165) is 25.8 Å². The normalized spacial score (nSPS) is 27.9. The van der Waals surface area contributed by atoms with Crippen molar-refractivity contribution in [2.75, 3.05) is 13.6 Å². The van der Waals surface area contributed by atoms with Crippen molar-refractivity contribution in [2.45, 2.75) is 44.6 Å². The molecule has 0 bridgehead atoms. The molecule has 4 heteroatoms. The molecule has 0 saturated carbocycles. The fraction of sp³-hybridized carbons (Fsp3) is 0.550. The van der Waals surface area contributed by atoms with Crippen LogP contribution in [-0.4, -0.2) is 34.6 Å². The van der Waals surface area contributed by atoms with E-state index in [1.165, 1.54) is 28.5 Å². The monoisotopic (exact) mass is 342 g/mol. The van der Waals surface area contributed by atoms with Gasteiger partial charge in [-0.15, -0.1) is 12.6 Å². The summed E-state index contributed by atoms with van der Waals surface area (Å²) in [6, 6.07) is 7.25. The number of carbonyl (C=O) groups excluding carboxylic acids is 1. The van der Waals surface area contributed by atoms with Gasteiger partial charge in [0.15, 0.2) is 5.12 Å². The third kappa shape index (κ3) is 2.60. The number of benzene rings is 1. The van der Waals surface area contributed by atoms with Crippen LogP contribution in [0.5, 0.6) is 0 Å². The quantitative estimate of drug-likeness (QED) is 0.824. The van der Waals surface area contributed by atoms with Crippen LogP contribution in [0.1, 0.15) is 43.2 Å². The summed E-state index contributed by atoms with van der Waals surface area (Å²) in [5.74, 6) is 1.26. The Labute approximate surface area is 149 Å². The van der Waals surface area contributed by atoms with Crippen molar-refractivity contribution in [3.05, 3.63) is 35.5 Å². The molecule has 1 aromatic heterocycles. The van der Waals surface area contributed by atoms with Crippen LogP contribution in [0.3, 0.4) is 0 Å². The highest BCUT2D eigenvalue weighted by Crippen LogP contribution is 2.45. The van der Waals surface area contributed by atoms with Crippen LogP contribution >= 0.6 is 12.6 Å². The van der Waals surface area contributed by atoms with E-state index in [1.54, 1.807) is 0 Å². The number of likely N-dealkylation sites (N-methyl/N-ethyl adjacent to an activating group) is 1. The molecule has 128 valence electrons. The summed E-state index contributed by atoms with van der Waals surface area (Å²) >= 11 is 4.10. The topological polar surface area (TPSA) is 36.1 Å². The van der Waals surface area contributed by atoms with Crippen molar-refractivity contribution >= 4 is 28.6 Å². The molecule has 1 aliphatic carbocycles. The van der Waals surface area contributed by atoms with E-state index in [1.807, 2.05) is 0 Å². The van der Waals surface area contributed by atoms with E-state index in [0.29, 0.717) is 17.9 Å². The molecule has 1 fully saturated rings. The predicted molar refractivity (Wildman–Crippen MR) is 102 cm³/mol. The fourth-order valence-electron chi connectivity index (χ4n) is 5.07. The highest BCUT2D eigenvalue weighted by atomic mass is 32.1. The first kappa shape index (κ1) is 16.2. The number of aromatic amines is 1. The Bertz CT molecular complexity index is 768. The summed E-state index contributed by atoms with van der Waals surface area (Å²) in [4.78, 5) is 17.7. The second-order valence-electron chi connectivity index (χ2n) is 7.68. The summed E-state index contributed by atoms with van der Waals surface area (Å²) < 4.78 is 0. The van der Waals surface area contributed by atoms with E-state index >= 15 is 0 Å². The average Bonchev–Trinajstić information content (AvgIpc) is 2.98. The third-order valence-electron chi connectivity index (χ3n) is 6.27. The Kier molecular flexibility index (Phi) is 4.21. The first-order valence-electron chi connectivity index (χ1n) is 9.10. The van der Waals surface area contributed by atoms with Crippen LogP contribution in [0.2, 0.25) is 0 Å². The molecule has 2 aliphatic rings. The van der Waals surface area contributed by atoms with Gasteiger partial charge in [0.25, 0.3) is 0 Å². The van der Waals surface area contributed by atoms with Crippen molar-refractivity contribution in [3.8, 4) is 0 Å². The van der Waals surface area contributed by atoms with Crippen molar-refractivity contribution < 1.29 is 4.79 Å². The van der Waals surface area contributed by atoms with Crippen LogP contribution < -0.4 is 0 Å². The van der Waals surface area contributed by atoms with E-state index in [-0.39, 0.29) is 11.0 Å². The van der Waals surface area contributed by atoms with Gasteiger partial charge in [-0.25, -0.2) is 0 Å². The molecule has 1 unspecified atom stereocenters. The van der Waals surface area contributed by atoms with Crippen molar-refractivity contribution in [3.63, 3.8) is 0 Å². The van der Waals surface area contributed by atoms with Gasteiger partial charge >= 0.3 is 0 Å². The minimum absolute atomic E-state index is 0.0564. The fourth-order valence-corrected chi connectivity index (χ4v) is 5.36. The maximum absolute atomic E-state index is 11.7. The zero-order valence-corrected chi connectivity index (χ0v) is 15.4. The van der Waals surface area contributed by atoms with Crippen LogP contribution in [0.25, 0.3) is 10.9 Å². The van der Waals surface area contributed by atoms with Crippen LogP contribution in [0, 0.1) is 11.8 Å². The molecule has 1 aliphatic heterocycles. The standard InChI is InChI=1S/C20H26N2OS/c1-3-13(20(23)24)7-12-8-16-15-5-4-6-17-19(15)14(10-21-17)9-18(16)22(2)11-12/h4-6,10,12-13,16,18,21H,3,7-9,11H2,1-2H3,(H,23,24)/t12-,13?,16-,18-/m1/s1. The van der Waals surface area contributed by atoms with E-state index < -0.39 is 0 Å². The molecule has 1 saturated heterocycles. The molecule has 1 N–H and O–H groups in total. The lowest BCUT2D eigenvalue weighted by Gasteiger charge is -2.46. The Balaban J connectivity index is 1.65. The highest BCUT2D eigenvalue weighted by Gasteiger charge is 2.39. The first-order chi connectivity index (χ1) is 11.6. The molecule has 24 heavy (non-hydrogen) atoms. The zero-order chi connectivity index (χ0) is 16.8. The number of H-pyrrole nitrogens is 1. The smallest absolute Gasteiger partial charge is 0.188 e. The number of hydrogen-bond acceptors (Lipinski definition) is 2. The molecule has 3 nitrogen and oxygen atoms in total. The largest absolute Gasteiger partial charge is 0.361 e. The van der Waals surface area contributed by atoms with Crippen molar-refractivity contribution in [2.24, 2.45) is 11.8 Å². The molecule has 1 aromatic carbocycles. The van der Waals surface area contributed by atoms with Crippen LogP contribution in [0.4, 0.5) is 0 Å². The number of fused-ring (bicyclic) bond motifs is 2. The molecule has 2 aromatic rings. The lowest BCUT2D eigenvalue weighted by molar-refractivity contribution is -0.115. The number of aromatic nitrogens is 1. The van der Waals surface area contributed by atoms with Gasteiger partial charge in [0, 0.05) is 41.5 Å². The van der Waals surface area contributed by atoms with Gasteiger partial charge in [-0.05, 0) is 55.8 Å². The Morgan fingerprint density at radius 3 is 3.04 bits per heavy atom. The lowest BCUT2D eigenvalue weighted by atomic mass is 9.71. The number of likely N-dealkylation sites (tertiary alicyclic amines) is 1. The maximum Gasteiger partial charge on any atom is 0.188 e. The highest BCUT2D eigenvalue weighted by molar-refractivity contribution is 7.96. The summed E-state index contributed by atoms with van der Waals surface area (Å²) in [5.41, 5.74) is 4.23. The zero-order valence-electron chi connectivity index (χ0n) is 14.5. The Hall–Kier alpha value is -1.26. The van der Waals surface area contributed by atoms with Gasteiger partial charge < -0.3 is 9.88 Å². The number of hydrogen-bond donors (Lipinski definition) is 2. The van der Waals surface area contributed by atoms with E-state index in [4.69, 9.17) is 0 Å². The van der Waals surface area contributed by atoms with E-state index in [2.05, 4.69) is 60.9 Å². The minimum Gasteiger partial charge on any atom is -0.361 e. The SMILES string of the molecule is CCC(C[C@@H]1C[C@@H]2c3cccc4[nH]cc(c34)C[C@H]2N(C)C1)C(=O)S. The van der Waals surface area contributed by atoms with Gasteiger partial charge in [0.1, 0.15) is 0 Å². The first-order valence-corrected chi connectivity index (χ1v) is 9.55. The number of piperidine rings is 1. The number of nitrogens with zero attached hydrogens (tertiary/aromatic N) is 1. The second kappa shape index (κ2) is 6.23. The van der Waals surface area contributed by atoms with Crippen molar-refractivity contribution in [1.29, 1.82) is 0 Å². The molecule has 0 amide bonds. The summed E-state index contributed by atoms with van der Waals surface area (Å²) in [5, 5.41) is 1.51. The summed E-state index contributed by atoms with van der Waals surface area (Å²) in [6.07, 6.45) is 6.39. The molecule has 2 heterocycles. The molecule has 0 radical (unpaired) electrons. The Morgan fingerprint density at radius 2 is 2.29 bits per heavy atom. The Morgan fingerprint density at radius 1 is 1.46 bits per heavy atom. The summed E-state index contributed by atoms with van der Waals surface area (Å²) in [7, 11) is 2.26. The van der Waals surface area contributed by atoms with Gasteiger partial charge in [-0.3, -0.25) is 4.79 Å². The lowest BCUT2D eigenvalue weighted by Crippen LogP contribution is -2.48. The second-order valence-corrected chi connectivity index (χ2v) is 8.12. The van der Waals surface area contributed by atoms with Crippen LogP contribution in [-0.2, 0) is 11.2 Å². The maximum atomic E-state index is 11.7. The number of thiol groups is 1.